The molecule has 8 heteroatoms. The Hall–Kier alpha value is -2.51. The highest BCUT2D eigenvalue weighted by Crippen LogP contribution is 2.15. The standard InChI is InChI=1S/C7H4N2O6/c10-6(11)4-1-3(9(14)15)2-8-5(4)7(12)13/h1-2H,(H,10,11)(H,12,13). The van der Waals surface area contributed by atoms with E-state index in [0.29, 0.717) is 12.3 Å². The third-order valence-electron chi connectivity index (χ3n) is 1.52. The highest BCUT2D eigenvalue weighted by molar-refractivity contribution is 6.00. The Bertz CT molecular complexity index is 455. The smallest absolute Gasteiger partial charge is 0.355 e. The lowest BCUT2D eigenvalue weighted by atomic mass is 10.2. The van der Waals surface area contributed by atoms with Crippen LogP contribution in [0.4, 0.5) is 5.69 Å². The van der Waals surface area contributed by atoms with Crippen molar-refractivity contribution in [3.05, 3.63) is 33.6 Å². The van der Waals surface area contributed by atoms with Crippen LogP contribution in [0.2, 0.25) is 0 Å². The van der Waals surface area contributed by atoms with E-state index in [2.05, 4.69) is 4.98 Å². The molecule has 0 aliphatic rings. The maximum Gasteiger partial charge on any atom is 0.355 e. The molecular weight excluding hydrogens is 208 g/mol. The fourth-order valence-corrected chi connectivity index (χ4v) is 0.887. The molecule has 0 spiro atoms. The number of nitro groups is 1. The van der Waals surface area contributed by atoms with Crippen molar-refractivity contribution in [2.75, 3.05) is 0 Å². The van der Waals surface area contributed by atoms with Gasteiger partial charge in [-0.15, -0.1) is 0 Å². The summed E-state index contributed by atoms with van der Waals surface area (Å²) in [6.45, 7) is 0. The predicted molar refractivity (Wildman–Crippen MR) is 44.8 cm³/mol. The Morgan fingerprint density at radius 2 is 1.93 bits per heavy atom. The molecule has 0 saturated heterocycles. The van der Waals surface area contributed by atoms with Gasteiger partial charge in [0.2, 0.25) is 0 Å². The number of pyridine rings is 1. The van der Waals surface area contributed by atoms with Crippen molar-refractivity contribution in [1.82, 2.24) is 4.98 Å². The van der Waals surface area contributed by atoms with Crippen LogP contribution in [0.5, 0.6) is 0 Å². The van der Waals surface area contributed by atoms with Crippen molar-refractivity contribution in [2.24, 2.45) is 0 Å². The molecule has 0 atom stereocenters. The Labute approximate surface area is 81.9 Å². The van der Waals surface area contributed by atoms with E-state index in [0.717, 1.165) is 0 Å². The van der Waals surface area contributed by atoms with Crippen molar-refractivity contribution < 1.29 is 24.7 Å². The van der Waals surface area contributed by atoms with E-state index in [4.69, 9.17) is 10.2 Å². The first-order valence-corrected chi connectivity index (χ1v) is 3.54. The minimum atomic E-state index is -1.58. The van der Waals surface area contributed by atoms with Gasteiger partial charge in [-0.1, -0.05) is 0 Å². The van der Waals surface area contributed by atoms with Gasteiger partial charge in [0.25, 0.3) is 5.69 Å². The second-order valence-electron chi connectivity index (χ2n) is 2.46. The molecule has 0 aliphatic carbocycles. The van der Waals surface area contributed by atoms with Crippen LogP contribution in [0.25, 0.3) is 0 Å². The van der Waals surface area contributed by atoms with Gasteiger partial charge in [-0.2, -0.15) is 0 Å². The molecule has 1 heterocycles. The third kappa shape index (κ3) is 2.05. The lowest BCUT2D eigenvalue weighted by Crippen LogP contribution is -2.11. The van der Waals surface area contributed by atoms with Crippen molar-refractivity contribution in [2.45, 2.75) is 0 Å². The Morgan fingerprint density at radius 1 is 1.33 bits per heavy atom. The van der Waals surface area contributed by atoms with E-state index >= 15 is 0 Å². The number of carboxylic acid groups (broad SMARTS) is 2. The average Bonchev–Trinajstić information content (AvgIpc) is 2.16. The van der Waals surface area contributed by atoms with Crippen LogP contribution in [0.1, 0.15) is 20.8 Å². The summed E-state index contributed by atoms with van der Waals surface area (Å²) in [7, 11) is 0. The van der Waals surface area contributed by atoms with Crippen molar-refractivity contribution >= 4 is 17.6 Å². The van der Waals surface area contributed by atoms with Crippen LogP contribution < -0.4 is 0 Å². The minimum absolute atomic E-state index is 0.572. The lowest BCUT2D eigenvalue weighted by Gasteiger charge is -1.99. The van der Waals surface area contributed by atoms with Crippen LogP contribution in [-0.4, -0.2) is 32.1 Å². The molecule has 0 aromatic carbocycles. The molecule has 0 aliphatic heterocycles. The molecule has 1 aromatic rings. The summed E-state index contributed by atoms with van der Waals surface area (Å²) >= 11 is 0. The molecule has 8 nitrogen and oxygen atoms in total. The second-order valence-corrected chi connectivity index (χ2v) is 2.46. The number of hydrogen-bond donors (Lipinski definition) is 2. The normalized spacial score (nSPS) is 9.60. The quantitative estimate of drug-likeness (QED) is 0.546. The highest BCUT2D eigenvalue weighted by Gasteiger charge is 2.21. The maximum absolute atomic E-state index is 10.6. The van der Waals surface area contributed by atoms with Gasteiger partial charge < -0.3 is 10.2 Å². The van der Waals surface area contributed by atoms with E-state index in [1.54, 1.807) is 0 Å². The number of carboxylic acids is 2. The number of aromatic nitrogens is 1. The van der Waals surface area contributed by atoms with Gasteiger partial charge in [-0.25, -0.2) is 14.6 Å². The van der Waals surface area contributed by atoms with Gasteiger partial charge in [-0.3, -0.25) is 10.1 Å². The van der Waals surface area contributed by atoms with Crippen molar-refractivity contribution in [3.8, 4) is 0 Å². The Kier molecular flexibility index (Phi) is 2.61. The number of aromatic carboxylic acids is 2. The summed E-state index contributed by atoms with van der Waals surface area (Å²) in [6.07, 6.45) is 0.690. The fourth-order valence-electron chi connectivity index (χ4n) is 0.887. The van der Waals surface area contributed by atoms with Gasteiger partial charge in [0.1, 0.15) is 6.20 Å². The lowest BCUT2D eigenvalue weighted by molar-refractivity contribution is -0.385. The largest absolute Gasteiger partial charge is 0.478 e. The summed E-state index contributed by atoms with van der Waals surface area (Å²) in [4.78, 5) is 33.7. The molecule has 0 unspecified atom stereocenters. The minimum Gasteiger partial charge on any atom is -0.478 e. The molecule has 1 aromatic heterocycles. The molecule has 1 rings (SSSR count). The monoisotopic (exact) mass is 212 g/mol. The summed E-state index contributed by atoms with van der Waals surface area (Å²) in [5, 5.41) is 27.4. The van der Waals surface area contributed by atoms with Crippen molar-refractivity contribution in [1.29, 1.82) is 0 Å². The topological polar surface area (TPSA) is 131 Å². The predicted octanol–water partition coefficient (Wildman–Crippen LogP) is 0.386. The molecule has 0 amide bonds. The Morgan fingerprint density at radius 3 is 2.33 bits per heavy atom. The zero-order chi connectivity index (χ0) is 11.6. The SMILES string of the molecule is O=C(O)c1cc([N+](=O)[O-])cnc1C(=O)O. The number of hydrogen-bond acceptors (Lipinski definition) is 5. The Balaban J connectivity index is 3.40. The molecule has 2 N–H and O–H groups in total. The summed E-state index contributed by atoms with van der Waals surface area (Å²) in [5.74, 6) is -3.13. The van der Waals surface area contributed by atoms with Gasteiger partial charge in [0, 0.05) is 6.07 Å². The van der Waals surface area contributed by atoms with Crippen LogP contribution >= 0.6 is 0 Å². The van der Waals surface area contributed by atoms with Crippen LogP contribution in [0, 0.1) is 10.1 Å². The van der Waals surface area contributed by atoms with Gasteiger partial charge in [-0.05, 0) is 0 Å². The number of nitrogens with zero attached hydrogens (tertiary/aromatic N) is 2. The van der Waals surface area contributed by atoms with Crippen molar-refractivity contribution in [3.63, 3.8) is 0 Å². The first-order chi connectivity index (χ1) is 6.93. The molecule has 0 saturated carbocycles. The van der Waals surface area contributed by atoms with E-state index in [9.17, 15) is 19.7 Å². The molecule has 0 bridgehead atoms. The number of carbonyl (C=O) groups is 2. The van der Waals surface area contributed by atoms with E-state index < -0.39 is 33.8 Å². The average molecular weight is 212 g/mol. The number of rotatable bonds is 3. The van der Waals surface area contributed by atoms with Crippen LogP contribution in [0.15, 0.2) is 12.3 Å². The molecule has 78 valence electrons. The van der Waals surface area contributed by atoms with E-state index in [1.165, 1.54) is 0 Å². The van der Waals surface area contributed by atoms with Gasteiger partial charge in [0.15, 0.2) is 5.69 Å². The van der Waals surface area contributed by atoms with E-state index in [1.807, 2.05) is 0 Å². The van der Waals surface area contributed by atoms with E-state index in [-0.39, 0.29) is 0 Å². The van der Waals surface area contributed by atoms with Gasteiger partial charge >= 0.3 is 11.9 Å². The maximum atomic E-state index is 10.6. The molecule has 0 fully saturated rings. The first-order valence-electron chi connectivity index (χ1n) is 3.54. The first kappa shape index (κ1) is 10.6. The zero-order valence-electron chi connectivity index (χ0n) is 7.08. The highest BCUT2D eigenvalue weighted by atomic mass is 16.6. The van der Waals surface area contributed by atoms with Gasteiger partial charge in [0.05, 0.1) is 10.5 Å². The third-order valence-corrected chi connectivity index (χ3v) is 1.52. The summed E-state index contributed by atoms with van der Waals surface area (Å²) in [5.41, 5.74) is -2.01. The summed E-state index contributed by atoms with van der Waals surface area (Å²) in [6, 6.07) is 0.652. The van der Waals surface area contributed by atoms with Crippen LogP contribution in [-0.2, 0) is 0 Å². The fraction of sp³-hybridized carbons (Fsp3) is 0. The molecular formula is C7H4N2O6. The summed E-state index contributed by atoms with van der Waals surface area (Å²) < 4.78 is 0. The second kappa shape index (κ2) is 3.70. The molecule has 15 heavy (non-hydrogen) atoms. The van der Waals surface area contributed by atoms with Crippen LogP contribution in [0.3, 0.4) is 0 Å². The zero-order valence-corrected chi connectivity index (χ0v) is 7.08. The molecule has 0 radical (unpaired) electrons.